The normalized spacial score (nSPS) is 15.0. The molecule has 0 saturated carbocycles. The lowest BCUT2D eigenvalue weighted by Crippen LogP contribution is -2.22. The maximum Gasteiger partial charge on any atom is 0.0672 e. The van der Waals surface area contributed by atoms with Crippen molar-refractivity contribution in [3.8, 4) is 0 Å². The van der Waals surface area contributed by atoms with Gasteiger partial charge in [-0.15, -0.1) is 0 Å². The molecule has 0 aromatic heterocycles. The molecule has 0 radical (unpaired) electrons. The van der Waals surface area contributed by atoms with Crippen molar-refractivity contribution in [1.29, 1.82) is 0 Å². The first-order valence-corrected chi connectivity index (χ1v) is 7.38. The van der Waals surface area contributed by atoms with Gasteiger partial charge in [0.15, 0.2) is 0 Å². The van der Waals surface area contributed by atoms with Crippen molar-refractivity contribution in [2.24, 2.45) is 0 Å². The van der Waals surface area contributed by atoms with E-state index in [0.717, 1.165) is 11.1 Å². The van der Waals surface area contributed by atoms with Gasteiger partial charge in [-0.2, -0.15) is 0 Å². The largest absolute Gasteiger partial charge is 0.545 e. The lowest BCUT2D eigenvalue weighted by molar-refractivity contribution is -0.300. The van der Waals surface area contributed by atoms with E-state index in [9.17, 15) is 19.8 Å². The molecule has 0 aliphatic carbocycles. The third-order valence-corrected chi connectivity index (χ3v) is 2.88. The summed E-state index contributed by atoms with van der Waals surface area (Å²) in [6.07, 6.45) is 17.3. The zero-order chi connectivity index (χ0) is 18.5. The molecular formula is C20H22O4-2. The Labute approximate surface area is 143 Å². The van der Waals surface area contributed by atoms with Gasteiger partial charge in [0.25, 0.3) is 0 Å². The quantitative estimate of drug-likeness (QED) is 0.504. The highest BCUT2D eigenvalue weighted by atomic mass is 16.4. The van der Waals surface area contributed by atoms with Crippen LogP contribution in [-0.4, -0.2) is 11.9 Å². The molecule has 0 aliphatic heterocycles. The van der Waals surface area contributed by atoms with E-state index in [1.165, 1.54) is 26.0 Å². The summed E-state index contributed by atoms with van der Waals surface area (Å²) < 4.78 is 0. The van der Waals surface area contributed by atoms with Crippen LogP contribution >= 0.6 is 0 Å². The second-order valence-corrected chi connectivity index (χ2v) is 5.20. The van der Waals surface area contributed by atoms with Gasteiger partial charge in [-0.3, -0.25) is 0 Å². The van der Waals surface area contributed by atoms with Gasteiger partial charge in [-0.05, 0) is 38.8 Å². The number of carbonyl (C=O) groups excluding carboxylic acids is 2. The Morgan fingerprint density at radius 3 is 1.21 bits per heavy atom. The van der Waals surface area contributed by atoms with Crippen molar-refractivity contribution < 1.29 is 19.8 Å². The number of carboxylic acid groups (broad SMARTS) is 2. The predicted octanol–water partition coefficient (Wildman–Crippen LogP) is 1.94. The number of carbonyl (C=O) groups is 2. The molecule has 0 aromatic rings. The molecule has 0 bridgehead atoms. The molecule has 0 atom stereocenters. The third-order valence-electron chi connectivity index (χ3n) is 2.88. The molecule has 0 fully saturated rings. The Morgan fingerprint density at radius 1 is 0.583 bits per heavy atom. The van der Waals surface area contributed by atoms with Crippen LogP contribution in [0.3, 0.4) is 0 Å². The Balaban J connectivity index is 4.63. The molecule has 0 N–H and O–H groups in total. The molecule has 0 aliphatic rings. The van der Waals surface area contributed by atoms with Gasteiger partial charge in [0.1, 0.15) is 0 Å². The summed E-state index contributed by atoms with van der Waals surface area (Å²) in [5.74, 6) is -2.36. The number of hydrogen-bond donors (Lipinski definition) is 0. The fourth-order valence-corrected chi connectivity index (χ4v) is 1.35. The number of allylic oxidation sites excluding steroid dienone is 12. The number of hydrogen-bond acceptors (Lipinski definition) is 4. The van der Waals surface area contributed by atoms with E-state index < -0.39 is 11.9 Å². The van der Waals surface area contributed by atoms with Crippen LogP contribution in [-0.2, 0) is 9.59 Å². The van der Waals surface area contributed by atoms with Crippen molar-refractivity contribution in [2.75, 3.05) is 0 Å². The Kier molecular flexibility index (Phi) is 10.3. The molecule has 4 nitrogen and oxygen atoms in total. The van der Waals surface area contributed by atoms with E-state index in [4.69, 9.17) is 0 Å². The van der Waals surface area contributed by atoms with Crippen molar-refractivity contribution >= 4 is 11.9 Å². The molecular weight excluding hydrogens is 304 g/mol. The molecule has 0 aromatic carbocycles. The monoisotopic (exact) mass is 326 g/mol. The van der Waals surface area contributed by atoms with Gasteiger partial charge in [0.05, 0.1) is 11.9 Å². The van der Waals surface area contributed by atoms with E-state index >= 15 is 0 Å². The lowest BCUT2D eigenvalue weighted by atomic mass is 10.2. The predicted molar refractivity (Wildman–Crippen MR) is 92.5 cm³/mol. The van der Waals surface area contributed by atoms with Crippen LogP contribution in [0.4, 0.5) is 0 Å². The fraction of sp³-hybridized carbons (Fsp3) is 0.200. The van der Waals surface area contributed by atoms with Gasteiger partial charge in [-0.1, -0.05) is 71.9 Å². The number of carboxylic acids is 2. The van der Waals surface area contributed by atoms with Crippen molar-refractivity contribution in [1.82, 2.24) is 0 Å². The first kappa shape index (κ1) is 21.1. The second-order valence-electron chi connectivity index (χ2n) is 5.20. The van der Waals surface area contributed by atoms with Crippen LogP contribution in [0.2, 0.25) is 0 Å². The SMILES string of the molecule is CC(/C=C/C=C(\C)C(=O)[O-])=C\C=C\C=C(C)\C=C\C=C(/C)C(=O)[O-]. The number of rotatable bonds is 8. The van der Waals surface area contributed by atoms with Crippen LogP contribution in [0, 0.1) is 0 Å². The summed E-state index contributed by atoms with van der Waals surface area (Å²) in [4.78, 5) is 21.0. The first-order chi connectivity index (χ1) is 11.2. The van der Waals surface area contributed by atoms with E-state index in [0.29, 0.717) is 0 Å². The minimum Gasteiger partial charge on any atom is -0.545 e. The summed E-state index contributed by atoms with van der Waals surface area (Å²) >= 11 is 0. The summed E-state index contributed by atoms with van der Waals surface area (Å²) in [6.45, 7) is 6.74. The highest BCUT2D eigenvalue weighted by Crippen LogP contribution is 2.01. The molecule has 128 valence electrons. The molecule has 4 heteroatoms. The van der Waals surface area contributed by atoms with Crippen molar-refractivity contribution in [3.63, 3.8) is 0 Å². The van der Waals surface area contributed by atoms with E-state index in [-0.39, 0.29) is 11.1 Å². The van der Waals surface area contributed by atoms with Crippen LogP contribution in [0.25, 0.3) is 0 Å². The first-order valence-electron chi connectivity index (χ1n) is 7.38. The average molecular weight is 326 g/mol. The fourth-order valence-electron chi connectivity index (χ4n) is 1.35. The highest BCUT2D eigenvalue weighted by Gasteiger charge is 1.86. The number of aliphatic carboxylic acids is 2. The minimum absolute atomic E-state index is 0.169. The zero-order valence-electron chi connectivity index (χ0n) is 14.4. The van der Waals surface area contributed by atoms with Crippen molar-refractivity contribution in [3.05, 3.63) is 83.1 Å². The van der Waals surface area contributed by atoms with Crippen LogP contribution in [0.5, 0.6) is 0 Å². The van der Waals surface area contributed by atoms with Crippen LogP contribution in [0.1, 0.15) is 27.7 Å². The molecule has 0 saturated heterocycles. The molecule has 24 heavy (non-hydrogen) atoms. The molecule has 0 spiro atoms. The highest BCUT2D eigenvalue weighted by molar-refractivity contribution is 5.84. The summed E-state index contributed by atoms with van der Waals surface area (Å²) in [5.41, 5.74) is 2.26. The average Bonchev–Trinajstić information content (AvgIpc) is 2.51. The Morgan fingerprint density at radius 2 is 0.917 bits per heavy atom. The molecule has 0 rings (SSSR count). The van der Waals surface area contributed by atoms with Gasteiger partial charge < -0.3 is 19.8 Å². The second kappa shape index (κ2) is 11.7. The standard InChI is InChI=1S/C20H24O4/c1-15(11-7-13-17(3)19(21)22)9-5-6-10-16(2)12-8-14-18(4)20(23)24/h5-14H,1-4H3,(H,21,22)(H,23,24)/p-2/b6-5+,11-7+,12-8+,15-9+,16-10+,17-13+,18-14+. The summed E-state index contributed by atoms with van der Waals surface area (Å²) in [6, 6.07) is 0. The van der Waals surface area contributed by atoms with Gasteiger partial charge in [0, 0.05) is 0 Å². The van der Waals surface area contributed by atoms with Crippen molar-refractivity contribution in [2.45, 2.75) is 27.7 Å². The van der Waals surface area contributed by atoms with Crippen LogP contribution < -0.4 is 10.2 Å². The zero-order valence-corrected chi connectivity index (χ0v) is 14.4. The lowest BCUT2D eigenvalue weighted by Gasteiger charge is -1.98. The third kappa shape index (κ3) is 10.8. The topological polar surface area (TPSA) is 80.3 Å². The molecule has 0 amide bonds. The summed E-state index contributed by atoms with van der Waals surface area (Å²) in [5, 5.41) is 21.0. The van der Waals surface area contributed by atoms with E-state index in [1.807, 2.05) is 38.2 Å². The van der Waals surface area contributed by atoms with Gasteiger partial charge in [-0.25, -0.2) is 0 Å². The maximum absolute atomic E-state index is 10.5. The summed E-state index contributed by atoms with van der Waals surface area (Å²) in [7, 11) is 0. The minimum atomic E-state index is -1.18. The van der Waals surface area contributed by atoms with Gasteiger partial charge >= 0.3 is 0 Å². The molecule has 0 unspecified atom stereocenters. The maximum atomic E-state index is 10.5. The smallest absolute Gasteiger partial charge is 0.0672 e. The van der Waals surface area contributed by atoms with E-state index in [1.54, 1.807) is 24.3 Å². The van der Waals surface area contributed by atoms with E-state index in [2.05, 4.69) is 0 Å². The molecule has 0 heterocycles. The van der Waals surface area contributed by atoms with Gasteiger partial charge in [0.2, 0.25) is 0 Å². The van der Waals surface area contributed by atoms with Crippen LogP contribution in [0.15, 0.2) is 83.1 Å². The Bertz CT molecular complexity index is 608. The Hall–Kier alpha value is -2.88.